The number of benzene rings is 1. The highest BCUT2D eigenvalue weighted by Gasteiger charge is 2.16. The third-order valence-electron chi connectivity index (χ3n) is 4.39. The zero-order valence-corrected chi connectivity index (χ0v) is 17.3. The van der Waals surface area contributed by atoms with Crippen molar-refractivity contribution in [1.82, 2.24) is 25.3 Å². The molecular formula is C20H32N6O. The van der Waals surface area contributed by atoms with Gasteiger partial charge in [0.1, 0.15) is 5.75 Å². The van der Waals surface area contributed by atoms with Gasteiger partial charge in [-0.1, -0.05) is 12.1 Å². The largest absolute Gasteiger partial charge is 0.496 e. The maximum Gasteiger partial charge on any atom is 0.191 e. The molecule has 2 N–H and O–H groups in total. The van der Waals surface area contributed by atoms with Crippen molar-refractivity contribution in [1.29, 1.82) is 0 Å². The molecule has 0 spiro atoms. The molecule has 0 amide bonds. The molecule has 0 saturated carbocycles. The number of methoxy groups -OCH3 is 1. The summed E-state index contributed by atoms with van der Waals surface area (Å²) in [5, 5.41) is 11.0. The van der Waals surface area contributed by atoms with Gasteiger partial charge in [-0.3, -0.25) is 4.68 Å². The number of hydrogen-bond acceptors (Lipinski definition) is 4. The fourth-order valence-corrected chi connectivity index (χ4v) is 2.89. The van der Waals surface area contributed by atoms with Gasteiger partial charge in [-0.25, -0.2) is 4.99 Å². The number of rotatable bonds is 8. The second-order valence-corrected chi connectivity index (χ2v) is 6.82. The van der Waals surface area contributed by atoms with Crippen molar-refractivity contribution in [2.24, 2.45) is 12.0 Å². The molecule has 1 atom stereocenters. The Bertz CT molecular complexity index is 753. The van der Waals surface area contributed by atoms with Crippen LogP contribution in [0.3, 0.4) is 0 Å². The molecule has 2 rings (SSSR count). The molecule has 7 nitrogen and oxygen atoms in total. The highest BCUT2D eigenvalue weighted by molar-refractivity contribution is 5.79. The molecule has 1 aromatic carbocycles. The number of likely N-dealkylation sites (N-methyl/N-ethyl adjacent to an activating group) is 1. The van der Waals surface area contributed by atoms with Gasteiger partial charge in [-0.2, -0.15) is 5.10 Å². The number of ether oxygens (including phenoxy) is 1. The van der Waals surface area contributed by atoms with Gasteiger partial charge in [-0.05, 0) is 39.6 Å². The first-order valence-corrected chi connectivity index (χ1v) is 9.25. The van der Waals surface area contributed by atoms with Crippen molar-refractivity contribution in [3.05, 3.63) is 47.3 Å². The first-order chi connectivity index (χ1) is 12.9. The standard InChI is InChI=1S/C20H32N6O/c1-7-21-20(22-11-16-9-8-15(2)10-19(16)27-6)23-13-18(25(3)4)17-12-24-26(5)14-17/h8-10,12,14,18H,7,11,13H2,1-6H3,(H2,21,22,23). The van der Waals surface area contributed by atoms with Gasteiger partial charge >= 0.3 is 0 Å². The van der Waals surface area contributed by atoms with E-state index in [0.29, 0.717) is 6.54 Å². The van der Waals surface area contributed by atoms with Crippen LogP contribution in [0.1, 0.15) is 29.7 Å². The summed E-state index contributed by atoms with van der Waals surface area (Å²) in [6, 6.07) is 6.39. The number of nitrogens with zero attached hydrogens (tertiary/aromatic N) is 4. The molecule has 1 unspecified atom stereocenters. The maximum absolute atomic E-state index is 5.48. The lowest BCUT2D eigenvalue weighted by Crippen LogP contribution is -2.41. The van der Waals surface area contributed by atoms with Gasteiger partial charge in [0.05, 0.1) is 25.9 Å². The minimum atomic E-state index is 0.205. The summed E-state index contributed by atoms with van der Waals surface area (Å²) in [4.78, 5) is 6.90. The third kappa shape index (κ3) is 5.99. The van der Waals surface area contributed by atoms with E-state index in [1.165, 1.54) is 11.1 Å². The van der Waals surface area contributed by atoms with Crippen molar-refractivity contribution < 1.29 is 4.74 Å². The predicted molar refractivity (Wildman–Crippen MR) is 110 cm³/mol. The lowest BCUT2D eigenvalue weighted by atomic mass is 10.1. The van der Waals surface area contributed by atoms with Gasteiger partial charge in [0.15, 0.2) is 5.96 Å². The molecule has 0 radical (unpaired) electrons. The quantitative estimate of drug-likeness (QED) is 0.549. The topological polar surface area (TPSA) is 66.7 Å². The fourth-order valence-electron chi connectivity index (χ4n) is 2.89. The summed E-state index contributed by atoms with van der Waals surface area (Å²) in [6.45, 7) is 6.21. The summed E-state index contributed by atoms with van der Waals surface area (Å²) in [5.74, 6) is 1.66. The molecule has 2 aromatic rings. The molecule has 148 valence electrons. The first kappa shape index (κ1) is 20.8. The van der Waals surface area contributed by atoms with Crippen molar-refractivity contribution in [3.63, 3.8) is 0 Å². The smallest absolute Gasteiger partial charge is 0.191 e. The highest BCUT2D eigenvalue weighted by Crippen LogP contribution is 2.20. The van der Waals surface area contributed by atoms with Crippen LogP contribution >= 0.6 is 0 Å². The summed E-state index contributed by atoms with van der Waals surface area (Å²) in [5.41, 5.74) is 3.41. The van der Waals surface area contributed by atoms with Gasteiger partial charge in [0, 0.05) is 37.5 Å². The average Bonchev–Trinajstić information content (AvgIpc) is 3.06. The number of aryl methyl sites for hydroxylation is 2. The van der Waals surface area contributed by atoms with Crippen LogP contribution in [0.25, 0.3) is 0 Å². The normalized spacial score (nSPS) is 12.9. The summed E-state index contributed by atoms with van der Waals surface area (Å²) in [6.07, 6.45) is 3.96. The Balaban J connectivity index is 2.08. The summed E-state index contributed by atoms with van der Waals surface area (Å²) >= 11 is 0. The number of nitrogens with one attached hydrogen (secondary N) is 2. The first-order valence-electron chi connectivity index (χ1n) is 9.25. The van der Waals surface area contributed by atoms with Crippen molar-refractivity contribution in [3.8, 4) is 5.75 Å². The third-order valence-corrected chi connectivity index (χ3v) is 4.39. The maximum atomic E-state index is 5.48. The summed E-state index contributed by atoms with van der Waals surface area (Å²) in [7, 11) is 7.77. The van der Waals surface area contributed by atoms with Crippen molar-refractivity contribution in [2.75, 3.05) is 34.3 Å². The van der Waals surface area contributed by atoms with Gasteiger partial charge < -0.3 is 20.3 Å². The molecule has 7 heteroatoms. The molecule has 0 aliphatic rings. The van der Waals surface area contributed by atoms with Crippen LogP contribution in [-0.2, 0) is 13.6 Å². The lowest BCUT2D eigenvalue weighted by Gasteiger charge is -2.24. The SMILES string of the molecule is CCNC(=NCc1ccc(C)cc1OC)NCC(c1cnn(C)c1)N(C)C. The number of aromatic nitrogens is 2. The van der Waals surface area contributed by atoms with Crippen LogP contribution in [0.15, 0.2) is 35.6 Å². The highest BCUT2D eigenvalue weighted by atomic mass is 16.5. The second kappa shape index (κ2) is 9.97. The van der Waals surface area contributed by atoms with Gasteiger partial charge in [-0.15, -0.1) is 0 Å². The van der Waals surface area contributed by atoms with Crippen molar-refractivity contribution in [2.45, 2.75) is 26.4 Å². The molecule has 1 heterocycles. The molecule has 0 saturated heterocycles. The van der Waals surface area contributed by atoms with E-state index in [0.717, 1.165) is 30.4 Å². The average molecular weight is 373 g/mol. The van der Waals surface area contributed by atoms with Crippen LogP contribution in [0.2, 0.25) is 0 Å². The van der Waals surface area contributed by atoms with Crippen LogP contribution in [0.4, 0.5) is 0 Å². The van der Waals surface area contributed by atoms with E-state index in [2.05, 4.69) is 60.7 Å². The van der Waals surface area contributed by atoms with Crippen molar-refractivity contribution >= 4 is 5.96 Å². The molecule has 0 bridgehead atoms. The molecule has 0 aliphatic heterocycles. The number of hydrogen-bond donors (Lipinski definition) is 2. The Morgan fingerprint density at radius 1 is 1.33 bits per heavy atom. The van der Waals surface area contributed by atoms with E-state index < -0.39 is 0 Å². The lowest BCUT2D eigenvalue weighted by molar-refractivity contribution is 0.298. The predicted octanol–water partition coefficient (Wildman–Crippen LogP) is 2.10. The zero-order chi connectivity index (χ0) is 19.8. The monoisotopic (exact) mass is 372 g/mol. The van der Waals surface area contributed by atoms with Crippen LogP contribution in [0, 0.1) is 6.92 Å². The Morgan fingerprint density at radius 3 is 2.70 bits per heavy atom. The fraction of sp³-hybridized carbons (Fsp3) is 0.500. The Kier molecular flexibility index (Phi) is 7.67. The van der Waals surface area contributed by atoms with E-state index in [-0.39, 0.29) is 6.04 Å². The van der Waals surface area contributed by atoms with Crippen LogP contribution in [-0.4, -0.2) is 54.9 Å². The minimum Gasteiger partial charge on any atom is -0.496 e. The van der Waals surface area contributed by atoms with Gasteiger partial charge in [0.25, 0.3) is 0 Å². The molecular weight excluding hydrogens is 340 g/mol. The van der Waals surface area contributed by atoms with E-state index >= 15 is 0 Å². The van der Waals surface area contributed by atoms with Crippen LogP contribution in [0.5, 0.6) is 5.75 Å². The summed E-state index contributed by atoms with van der Waals surface area (Å²) < 4.78 is 7.31. The molecule has 1 aromatic heterocycles. The molecule has 0 fully saturated rings. The Labute approximate surface area is 162 Å². The van der Waals surface area contributed by atoms with Gasteiger partial charge in [0.2, 0.25) is 0 Å². The van der Waals surface area contributed by atoms with E-state index in [1.54, 1.807) is 7.11 Å². The Hall–Kier alpha value is -2.54. The molecule has 0 aliphatic carbocycles. The minimum absolute atomic E-state index is 0.205. The zero-order valence-electron chi connectivity index (χ0n) is 17.3. The number of guanidine groups is 1. The van der Waals surface area contributed by atoms with E-state index in [1.807, 2.05) is 30.2 Å². The second-order valence-electron chi connectivity index (χ2n) is 6.82. The van der Waals surface area contributed by atoms with E-state index in [9.17, 15) is 0 Å². The Morgan fingerprint density at radius 2 is 2.11 bits per heavy atom. The van der Waals surface area contributed by atoms with Crippen LogP contribution < -0.4 is 15.4 Å². The molecule has 27 heavy (non-hydrogen) atoms. The van der Waals surface area contributed by atoms with E-state index in [4.69, 9.17) is 9.73 Å². The number of aliphatic imine (C=N–C) groups is 1.